The Morgan fingerprint density at radius 3 is 2.67 bits per heavy atom. The van der Waals surface area contributed by atoms with Gasteiger partial charge in [0, 0.05) is 11.8 Å². The first-order valence-electron chi connectivity index (χ1n) is 5.51. The van der Waals surface area contributed by atoms with Crippen LogP contribution in [0.5, 0.6) is 0 Å². The van der Waals surface area contributed by atoms with E-state index in [0.29, 0.717) is 6.04 Å². The lowest BCUT2D eigenvalue weighted by atomic mass is 9.98. The molecule has 1 aromatic carbocycles. The van der Waals surface area contributed by atoms with Gasteiger partial charge in [-0.3, -0.25) is 0 Å². The predicted molar refractivity (Wildman–Crippen MR) is 70.7 cm³/mol. The van der Waals surface area contributed by atoms with Gasteiger partial charge in [-0.05, 0) is 43.3 Å². The van der Waals surface area contributed by atoms with Crippen molar-refractivity contribution < 1.29 is 0 Å². The lowest BCUT2D eigenvalue weighted by molar-refractivity contribution is 0.657. The number of hydrogen-bond donors (Lipinski definition) is 1. The van der Waals surface area contributed by atoms with Crippen LogP contribution in [0, 0.1) is 13.8 Å². The van der Waals surface area contributed by atoms with Gasteiger partial charge in [0.1, 0.15) is 0 Å². The third-order valence-corrected chi connectivity index (χ3v) is 3.84. The van der Waals surface area contributed by atoms with Crippen molar-refractivity contribution in [3.8, 4) is 0 Å². The highest BCUT2D eigenvalue weighted by molar-refractivity contribution is 7.99. The molecule has 1 unspecified atom stereocenters. The van der Waals surface area contributed by atoms with Crippen molar-refractivity contribution in [3.63, 3.8) is 0 Å². The fourth-order valence-electron chi connectivity index (χ4n) is 1.72. The van der Waals surface area contributed by atoms with Crippen LogP contribution in [-0.2, 0) is 0 Å². The van der Waals surface area contributed by atoms with Crippen molar-refractivity contribution in [2.75, 3.05) is 18.6 Å². The smallest absolute Gasteiger partial charge is 0.0412 e. The summed E-state index contributed by atoms with van der Waals surface area (Å²) < 4.78 is 0. The van der Waals surface area contributed by atoms with Crippen LogP contribution in [-0.4, -0.2) is 18.6 Å². The fourth-order valence-corrected chi connectivity index (χ4v) is 2.53. The van der Waals surface area contributed by atoms with E-state index in [1.54, 1.807) is 0 Å². The number of rotatable bonds is 5. The Balaban J connectivity index is 2.86. The van der Waals surface area contributed by atoms with Crippen molar-refractivity contribution in [3.05, 3.63) is 34.9 Å². The van der Waals surface area contributed by atoms with Crippen LogP contribution < -0.4 is 5.32 Å². The number of benzene rings is 1. The van der Waals surface area contributed by atoms with Gasteiger partial charge in [0.15, 0.2) is 0 Å². The van der Waals surface area contributed by atoms with Crippen LogP contribution in [0.2, 0.25) is 0 Å². The SMILES string of the molecule is CCSCC(NC)c1cccc(C)c1C. The lowest BCUT2D eigenvalue weighted by Crippen LogP contribution is -2.20. The second-order valence-corrected chi connectivity index (χ2v) is 5.11. The number of nitrogens with one attached hydrogen (secondary N) is 1. The molecule has 0 spiro atoms. The predicted octanol–water partition coefficient (Wildman–Crippen LogP) is 3.32. The molecule has 1 nitrogen and oxygen atoms in total. The second-order valence-electron chi connectivity index (χ2n) is 3.79. The minimum absolute atomic E-state index is 0.481. The molecule has 84 valence electrons. The van der Waals surface area contributed by atoms with E-state index in [2.05, 4.69) is 44.3 Å². The van der Waals surface area contributed by atoms with Gasteiger partial charge in [-0.1, -0.05) is 25.1 Å². The Labute approximate surface area is 97.7 Å². The first kappa shape index (κ1) is 12.6. The molecule has 0 aliphatic heterocycles. The molecular formula is C13H21NS. The Morgan fingerprint density at radius 1 is 1.33 bits per heavy atom. The van der Waals surface area contributed by atoms with E-state index in [9.17, 15) is 0 Å². The van der Waals surface area contributed by atoms with Crippen LogP contribution in [0.4, 0.5) is 0 Å². The van der Waals surface area contributed by atoms with Gasteiger partial charge in [-0.25, -0.2) is 0 Å². The van der Waals surface area contributed by atoms with E-state index in [1.807, 2.05) is 18.8 Å². The summed E-state index contributed by atoms with van der Waals surface area (Å²) in [4.78, 5) is 0. The standard InChI is InChI=1S/C13H21NS/c1-5-15-9-13(14-4)12-8-6-7-10(2)11(12)3/h6-8,13-14H,5,9H2,1-4H3. The van der Waals surface area contributed by atoms with Gasteiger partial charge in [0.2, 0.25) is 0 Å². The average molecular weight is 223 g/mol. The quantitative estimate of drug-likeness (QED) is 0.822. The maximum absolute atomic E-state index is 3.40. The van der Waals surface area contributed by atoms with Gasteiger partial charge in [0.25, 0.3) is 0 Å². The maximum atomic E-state index is 3.40. The Morgan fingerprint density at radius 2 is 2.07 bits per heavy atom. The highest BCUT2D eigenvalue weighted by Gasteiger charge is 2.11. The zero-order chi connectivity index (χ0) is 11.3. The van der Waals surface area contributed by atoms with Crippen molar-refractivity contribution in [1.82, 2.24) is 5.32 Å². The molecule has 0 saturated heterocycles. The molecule has 1 rings (SSSR count). The van der Waals surface area contributed by atoms with Gasteiger partial charge < -0.3 is 5.32 Å². The Kier molecular flexibility index (Phi) is 5.20. The third kappa shape index (κ3) is 3.25. The van der Waals surface area contributed by atoms with Crippen molar-refractivity contribution in [2.24, 2.45) is 0 Å². The molecule has 0 saturated carbocycles. The van der Waals surface area contributed by atoms with E-state index in [1.165, 1.54) is 22.4 Å². The van der Waals surface area contributed by atoms with Crippen LogP contribution >= 0.6 is 11.8 Å². The number of aryl methyl sites for hydroxylation is 1. The van der Waals surface area contributed by atoms with Crippen LogP contribution in [0.25, 0.3) is 0 Å². The molecular weight excluding hydrogens is 202 g/mol. The topological polar surface area (TPSA) is 12.0 Å². The zero-order valence-electron chi connectivity index (χ0n) is 10.1. The van der Waals surface area contributed by atoms with Crippen LogP contribution in [0.1, 0.15) is 29.7 Å². The molecule has 0 aromatic heterocycles. The van der Waals surface area contributed by atoms with E-state index in [-0.39, 0.29) is 0 Å². The summed E-state index contributed by atoms with van der Waals surface area (Å²) in [5.74, 6) is 2.33. The molecule has 0 aliphatic carbocycles. The van der Waals surface area contributed by atoms with Gasteiger partial charge in [-0.15, -0.1) is 0 Å². The molecule has 2 heteroatoms. The third-order valence-electron chi connectivity index (χ3n) is 2.86. The van der Waals surface area contributed by atoms with Crippen LogP contribution in [0.3, 0.4) is 0 Å². The van der Waals surface area contributed by atoms with Crippen molar-refractivity contribution in [1.29, 1.82) is 0 Å². The van der Waals surface area contributed by atoms with Crippen molar-refractivity contribution in [2.45, 2.75) is 26.8 Å². The van der Waals surface area contributed by atoms with E-state index >= 15 is 0 Å². The molecule has 0 radical (unpaired) electrons. The first-order valence-corrected chi connectivity index (χ1v) is 6.67. The van der Waals surface area contributed by atoms with Crippen LogP contribution in [0.15, 0.2) is 18.2 Å². The summed E-state index contributed by atoms with van der Waals surface area (Å²) >= 11 is 1.99. The Hall–Kier alpha value is -0.470. The Bertz CT molecular complexity index is 309. The minimum Gasteiger partial charge on any atom is -0.312 e. The minimum atomic E-state index is 0.481. The molecule has 15 heavy (non-hydrogen) atoms. The first-order chi connectivity index (χ1) is 7.20. The summed E-state index contributed by atoms with van der Waals surface area (Å²) in [7, 11) is 2.04. The molecule has 1 atom stereocenters. The summed E-state index contributed by atoms with van der Waals surface area (Å²) in [5, 5.41) is 3.40. The summed E-state index contributed by atoms with van der Waals surface area (Å²) in [6.07, 6.45) is 0. The molecule has 0 bridgehead atoms. The largest absolute Gasteiger partial charge is 0.312 e. The average Bonchev–Trinajstić information content (AvgIpc) is 2.25. The maximum Gasteiger partial charge on any atom is 0.0412 e. The number of thioether (sulfide) groups is 1. The number of hydrogen-bond acceptors (Lipinski definition) is 2. The summed E-state index contributed by atoms with van der Waals surface area (Å²) in [5.41, 5.74) is 4.25. The van der Waals surface area contributed by atoms with Gasteiger partial charge in [-0.2, -0.15) is 11.8 Å². The lowest BCUT2D eigenvalue weighted by Gasteiger charge is -2.19. The van der Waals surface area contributed by atoms with Gasteiger partial charge >= 0.3 is 0 Å². The van der Waals surface area contributed by atoms with E-state index < -0.39 is 0 Å². The fraction of sp³-hybridized carbons (Fsp3) is 0.538. The molecule has 0 aliphatic rings. The molecule has 0 amide bonds. The zero-order valence-corrected chi connectivity index (χ0v) is 10.9. The molecule has 0 fully saturated rings. The van der Waals surface area contributed by atoms with Crippen molar-refractivity contribution >= 4 is 11.8 Å². The second kappa shape index (κ2) is 6.19. The van der Waals surface area contributed by atoms with E-state index in [0.717, 1.165) is 5.75 Å². The normalized spacial score (nSPS) is 12.8. The highest BCUT2D eigenvalue weighted by Crippen LogP contribution is 2.23. The van der Waals surface area contributed by atoms with E-state index in [4.69, 9.17) is 0 Å². The molecule has 1 aromatic rings. The molecule has 0 heterocycles. The van der Waals surface area contributed by atoms with Gasteiger partial charge in [0.05, 0.1) is 0 Å². The summed E-state index contributed by atoms with van der Waals surface area (Å²) in [6, 6.07) is 7.05. The highest BCUT2D eigenvalue weighted by atomic mass is 32.2. The monoisotopic (exact) mass is 223 g/mol. The summed E-state index contributed by atoms with van der Waals surface area (Å²) in [6.45, 7) is 6.60. The molecule has 1 N–H and O–H groups in total.